The zero-order chi connectivity index (χ0) is 37.6. The number of benzene rings is 3. The molecule has 5 aliphatic rings. The Kier molecular flexibility index (Phi) is 9.81. The lowest BCUT2D eigenvalue weighted by Gasteiger charge is -2.55. The van der Waals surface area contributed by atoms with Crippen molar-refractivity contribution in [3.63, 3.8) is 0 Å². The minimum absolute atomic E-state index is 0.0545. The highest BCUT2D eigenvalue weighted by Crippen LogP contribution is 2.67. The van der Waals surface area contributed by atoms with Gasteiger partial charge in [0.1, 0.15) is 11.8 Å². The van der Waals surface area contributed by atoms with Crippen LogP contribution in [0.5, 0.6) is 5.75 Å². The minimum atomic E-state index is -0.816. The summed E-state index contributed by atoms with van der Waals surface area (Å²) in [6, 6.07) is 17.5. The summed E-state index contributed by atoms with van der Waals surface area (Å²) < 4.78 is 11.9. The number of amides is 3. The molecule has 2 fully saturated rings. The van der Waals surface area contributed by atoms with Crippen LogP contribution in [0.25, 0.3) is 0 Å². The van der Waals surface area contributed by atoms with Crippen LogP contribution in [0, 0.1) is 41.4 Å². The third-order valence-electron chi connectivity index (χ3n) is 13.7. The Hall–Kier alpha value is -4.61. The molecule has 8 heteroatoms. The van der Waals surface area contributed by atoms with Gasteiger partial charge in [-0.3, -0.25) is 14.4 Å². The second-order valence-corrected chi connectivity index (χ2v) is 16.9. The van der Waals surface area contributed by atoms with E-state index in [1.54, 1.807) is 0 Å². The van der Waals surface area contributed by atoms with Crippen molar-refractivity contribution in [2.24, 2.45) is 22.7 Å². The van der Waals surface area contributed by atoms with Crippen molar-refractivity contribution in [2.75, 3.05) is 24.4 Å². The molecule has 2 aliphatic heterocycles. The number of methoxy groups -OCH3 is 1. The Morgan fingerprint density at radius 3 is 2.76 bits per heavy atom. The Morgan fingerprint density at radius 2 is 1.91 bits per heavy atom. The van der Waals surface area contributed by atoms with E-state index < -0.39 is 6.04 Å². The summed E-state index contributed by atoms with van der Waals surface area (Å²) >= 11 is 0. The minimum Gasteiger partial charge on any atom is -0.493 e. The molecule has 6 unspecified atom stereocenters. The molecule has 0 saturated heterocycles. The van der Waals surface area contributed by atoms with Crippen LogP contribution in [0.1, 0.15) is 109 Å². The summed E-state index contributed by atoms with van der Waals surface area (Å²) in [5.74, 6) is 9.09. The van der Waals surface area contributed by atoms with Crippen molar-refractivity contribution in [2.45, 2.75) is 109 Å². The fourth-order valence-electron chi connectivity index (χ4n) is 10.6. The average molecular weight is 728 g/mol. The molecule has 3 amide bonds. The molecule has 7 atom stereocenters. The number of fused-ring (bicyclic) bond motifs is 7. The molecule has 3 aromatic carbocycles. The first-order valence-electron chi connectivity index (χ1n) is 20.0. The zero-order valence-corrected chi connectivity index (χ0v) is 32.1. The van der Waals surface area contributed by atoms with Gasteiger partial charge < -0.3 is 25.4 Å². The van der Waals surface area contributed by atoms with Gasteiger partial charge in [0.05, 0.1) is 24.0 Å². The summed E-state index contributed by atoms with van der Waals surface area (Å²) in [4.78, 5) is 39.1. The maximum atomic E-state index is 13.3. The quantitative estimate of drug-likeness (QED) is 0.162. The maximum absolute atomic E-state index is 13.3. The van der Waals surface area contributed by atoms with Gasteiger partial charge in [-0.15, -0.1) is 5.92 Å². The van der Waals surface area contributed by atoms with E-state index in [0.29, 0.717) is 41.3 Å². The first-order valence-corrected chi connectivity index (χ1v) is 20.0. The van der Waals surface area contributed by atoms with Crippen molar-refractivity contribution in [3.05, 3.63) is 88.0 Å². The smallest absolute Gasteiger partial charge is 0.254 e. The Bertz CT molecular complexity index is 2050. The van der Waals surface area contributed by atoms with E-state index in [1.807, 2.05) is 43.5 Å². The van der Waals surface area contributed by atoms with Crippen LogP contribution in [0.4, 0.5) is 11.4 Å². The molecule has 0 spiro atoms. The molecule has 3 aromatic rings. The molecular weight excluding hydrogens is 675 g/mol. The summed E-state index contributed by atoms with van der Waals surface area (Å²) in [6.45, 7) is 7.74. The highest BCUT2D eigenvalue weighted by atomic mass is 16.5. The molecule has 0 aromatic heterocycles. The fourth-order valence-corrected chi connectivity index (χ4v) is 10.6. The number of rotatable bonds is 8. The van der Waals surface area contributed by atoms with Crippen molar-refractivity contribution in [3.8, 4) is 17.6 Å². The number of carbonyl (C=O) groups is 3. The largest absolute Gasteiger partial charge is 0.493 e. The van der Waals surface area contributed by atoms with Gasteiger partial charge in [0.25, 0.3) is 5.91 Å². The third kappa shape index (κ3) is 6.70. The van der Waals surface area contributed by atoms with Crippen LogP contribution in [0.2, 0.25) is 0 Å². The molecule has 54 heavy (non-hydrogen) atoms. The van der Waals surface area contributed by atoms with Gasteiger partial charge >= 0.3 is 0 Å². The highest BCUT2D eigenvalue weighted by Gasteiger charge is 2.62. The molecule has 2 heterocycles. The Labute approximate surface area is 319 Å². The molecule has 8 nitrogen and oxygen atoms in total. The van der Waals surface area contributed by atoms with Gasteiger partial charge in [-0.05, 0) is 123 Å². The molecule has 3 N–H and O–H groups in total. The van der Waals surface area contributed by atoms with Gasteiger partial charge in [-0.25, -0.2) is 0 Å². The number of hydrogen-bond acceptors (Lipinski definition) is 5. The van der Waals surface area contributed by atoms with E-state index in [9.17, 15) is 14.4 Å². The van der Waals surface area contributed by atoms with Gasteiger partial charge in [0.15, 0.2) is 0 Å². The molecular formula is C46H53N3O5. The molecule has 0 bridgehead atoms. The lowest BCUT2D eigenvalue weighted by Crippen LogP contribution is -2.51. The number of unbranched alkanes of at least 4 members (excludes halogenated alkanes) is 1. The van der Waals surface area contributed by atoms with E-state index in [-0.39, 0.29) is 47.5 Å². The first kappa shape index (κ1) is 36.4. The summed E-state index contributed by atoms with van der Waals surface area (Å²) in [5, 5.41) is 8.63. The van der Waals surface area contributed by atoms with Crippen LogP contribution in [-0.4, -0.2) is 43.6 Å². The van der Waals surface area contributed by atoms with Crippen LogP contribution in [0.3, 0.4) is 0 Å². The van der Waals surface area contributed by atoms with E-state index in [1.165, 1.54) is 29.5 Å². The standard InChI is InChI=1S/C46H53N3O5/c1-28-9-14-33-31(24-28)12-15-34-36-19-22-45(2,46(36,3)27-40(53-4)42(33)34)21-7-5-6-8-29-10-16-37-35(25-29)43(51)49-38(44(52)48-37)17-18-41(50)47-32-13-11-30-20-23-54-39(30)26-32/h9-11,13-14,16,24-26,34,36,38,40,42H,5-6,8,12,15,17-20,22-23,27H2,1-4H3,(H,47,50)(H,48,52)(H,49,51)/t34?,36?,38?,40?,42?,45?,46-/m0/s1. The highest BCUT2D eigenvalue weighted by molar-refractivity contribution is 6.10. The lowest BCUT2D eigenvalue weighted by atomic mass is 9.50. The van der Waals surface area contributed by atoms with Gasteiger partial charge in [0, 0.05) is 49.5 Å². The second-order valence-electron chi connectivity index (χ2n) is 16.9. The fraction of sp³-hybridized carbons (Fsp3) is 0.500. The number of ether oxygens (including phenoxy) is 2. The van der Waals surface area contributed by atoms with Gasteiger partial charge in [-0.2, -0.15) is 0 Å². The number of nitrogens with one attached hydrogen (secondary N) is 3. The van der Waals surface area contributed by atoms with Crippen molar-refractivity contribution >= 4 is 29.1 Å². The zero-order valence-electron chi connectivity index (χ0n) is 32.1. The summed E-state index contributed by atoms with van der Waals surface area (Å²) in [5.41, 5.74) is 8.18. The van der Waals surface area contributed by atoms with Gasteiger partial charge in [0.2, 0.25) is 11.8 Å². The summed E-state index contributed by atoms with van der Waals surface area (Å²) in [7, 11) is 1.90. The van der Waals surface area contributed by atoms with E-state index in [2.05, 4.69) is 66.8 Å². The molecule has 2 saturated carbocycles. The van der Waals surface area contributed by atoms with Crippen LogP contribution >= 0.6 is 0 Å². The monoisotopic (exact) mass is 727 g/mol. The molecule has 0 radical (unpaired) electrons. The van der Waals surface area contributed by atoms with Crippen molar-refractivity contribution < 1.29 is 23.9 Å². The second kappa shape index (κ2) is 14.6. The average Bonchev–Trinajstić information content (AvgIpc) is 3.70. The van der Waals surface area contributed by atoms with E-state index in [0.717, 1.165) is 61.8 Å². The molecule has 8 rings (SSSR count). The first-order chi connectivity index (χ1) is 26.0. The Balaban J connectivity index is 0.859. The number of hydrogen-bond donors (Lipinski definition) is 3. The predicted molar refractivity (Wildman–Crippen MR) is 211 cm³/mol. The van der Waals surface area contributed by atoms with Gasteiger partial charge in [-0.1, -0.05) is 48.7 Å². The van der Waals surface area contributed by atoms with Crippen LogP contribution < -0.4 is 20.7 Å². The topological polar surface area (TPSA) is 106 Å². The number of carbonyl (C=O) groups excluding carboxylic acids is 3. The molecule has 282 valence electrons. The van der Waals surface area contributed by atoms with Crippen molar-refractivity contribution in [1.82, 2.24) is 5.32 Å². The maximum Gasteiger partial charge on any atom is 0.254 e. The SMILES string of the molecule is COC1C[C@@]2(C)C(CCC2(C)C#CCCCc2ccc3c(c2)C(=O)NC(CCC(=O)Nc2ccc4c(c2)OCC4)C(=O)N3)C2CCc3cc(C)ccc3C12. The van der Waals surface area contributed by atoms with Crippen LogP contribution in [-0.2, 0) is 33.6 Å². The Morgan fingerprint density at radius 1 is 1.04 bits per heavy atom. The number of anilines is 2. The molecule has 3 aliphatic carbocycles. The predicted octanol–water partition coefficient (Wildman–Crippen LogP) is 7.91. The van der Waals surface area contributed by atoms with Crippen LogP contribution in [0.15, 0.2) is 54.6 Å². The normalized spacial score (nSPS) is 29.1. The van der Waals surface area contributed by atoms with E-state index in [4.69, 9.17) is 9.47 Å². The van der Waals surface area contributed by atoms with Crippen molar-refractivity contribution in [1.29, 1.82) is 0 Å². The number of aryl methyl sites for hydroxylation is 3. The summed E-state index contributed by atoms with van der Waals surface area (Å²) in [6.07, 6.45) is 9.58. The lowest BCUT2D eigenvalue weighted by molar-refractivity contribution is -0.118. The van der Waals surface area contributed by atoms with E-state index >= 15 is 0 Å². The third-order valence-corrected chi connectivity index (χ3v) is 13.7.